The van der Waals surface area contributed by atoms with Crippen molar-refractivity contribution in [1.29, 1.82) is 0 Å². The fourth-order valence-electron chi connectivity index (χ4n) is 2.42. The molecule has 1 aliphatic heterocycles. The number of rotatable bonds is 6. The summed E-state index contributed by atoms with van der Waals surface area (Å²) in [4.78, 5) is 26.4. The number of carbonyl (C=O) groups is 2. The molecule has 7 heteroatoms. The molecule has 1 unspecified atom stereocenters. The van der Waals surface area contributed by atoms with Crippen LogP contribution in [0.4, 0.5) is 0 Å². The Balaban J connectivity index is 0.00000400. The van der Waals surface area contributed by atoms with Crippen LogP contribution in [0.25, 0.3) is 0 Å². The predicted molar refractivity (Wildman–Crippen MR) is 84.3 cm³/mol. The molecule has 6 nitrogen and oxygen atoms in total. The average molecular weight is 322 g/mol. The highest BCUT2D eigenvalue weighted by Crippen LogP contribution is 2.25. The van der Waals surface area contributed by atoms with Crippen LogP contribution in [0.1, 0.15) is 33.6 Å². The number of hydrogen-bond donors (Lipinski definition) is 2. The highest BCUT2D eigenvalue weighted by Gasteiger charge is 2.35. The van der Waals surface area contributed by atoms with Crippen molar-refractivity contribution in [3.05, 3.63) is 0 Å². The van der Waals surface area contributed by atoms with Crippen molar-refractivity contribution >= 4 is 24.2 Å². The van der Waals surface area contributed by atoms with E-state index < -0.39 is 11.5 Å². The number of morpholine rings is 1. The number of nitrogens with two attached hydrogens (primary N) is 1. The van der Waals surface area contributed by atoms with Crippen LogP contribution in [0.3, 0.4) is 0 Å². The first kappa shape index (κ1) is 20.1. The zero-order valence-corrected chi connectivity index (χ0v) is 14.0. The van der Waals surface area contributed by atoms with Gasteiger partial charge in [-0.1, -0.05) is 13.8 Å². The second-order valence-electron chi connectivity index (χ2n) is 5.32. The van der Waals surface area contributed by atoms with Crippen LogP contribution in [0.5, 0.6) is 0 Å². The molecule has 0 aliphatic carbocycles. The molecule has 0 aromatic rings. The number of hydrogen-bond acceptors (Lipinski definition) is 4. The molecule has 1 heterocycles. The number of carbonyl (C=O) groups excluding carboxylic acids is 2. The van der Waals surface area contributed by atoms with Crippen LogP contribution < -0.4 is 11.1 Å². The predicted octanol–water partition coefficient (Wildman–Crippen LogP) is 0.537. The molecule has 0 radical (unpaired) electrons. The number of nitrogens with one attached hydrogen (secondary N) is 1. The molecule has 1 atom stereocenters. The van der Waals surface area contributed by atoms with Gasteiger partial charge >= 0.3 is 0 Å². The lowest BCUT2D eigenvalue weighted by Gasteiger charge is -2.33. The number of ether oxygens (including phenoxy) is 1. The molecular weight excluding hydrogens is 294 g/mol. The van der Waals surface area contributed by atoms with Crippen LogP contribution in [0, 0.1) is 5.41 Å². The summed E-state index contributed by atoms with van der Waals surface area (Å²) in [6.07, 6.45) is 1.34. The van der Waals surface area contributed by atoms with Gasteiger partial charge in [0.05, 0.1) is 18.6 Å². The van der Waals surface area contributed by atoms with Gasteiger partial charge in [-0.15, -0.1) is 12.4 Å². The third-order valence-electron chi connectivity index (χ3n) is 4.27. The second kappa shape index (κ2) is 9.23. The van der Waals surface area contributed by atoms with Gasteiger partial charge in [0.15, 0.2) is 0 Å². The van der Waals surface area contributed by atoms with Crippen molar-refractivity contribution in [1.82, 2.24) is 10.2 Å². The summed E-state index contributed by atoms with van der Waals surface area (Å²) in [5.74, 6) is -0.182. The van der Waals surface area contributed by atoms with Crippen LogP contribution in [-0.2, 0) is 14.3 Å². The van der Waals surface area contributed by atoms with Crippen molar-refractivity contribution in [3.8, 4) is 0 Å². The number of nitrogens with zero attached hydrogens (tertiary/aromatic N) is 1. The van der Waals surface area contributed by atoms with Crippen molar-refractivity contribution in [2.45, 2.75) is 39.7 Å². The van der Waals surface area contributed by atoms with Gasteiger partial charge in [0.1, 0.15) is 6.04 Å². The van der Waals surface area contributed by atoms with E-state index in [1.807, 2.05) is 13.8 Å². The van der Waals surface area contributed by atoms with E-state index in [0.717, 1.165) is 0 Å². The molecule has 1 fully saturated rings. The van der Waals surface area contributed by atoms with Gasteiger partial charge in [-0.05, 0) is 19.8 Å². The van der Waals surface area contributed by atoms with Crippen molar-refractivity contribution in [2.24, 2.45) is 11.1 Å². The van der Waals surface area contributed by atoms with Gasteiger partial charge in [0.25, 0.3) is 0 Å². The minimum absolute atomic E-state index is 0. The number of halogens is 1. The summed E-state index contributed by atoms with van der Waals surface area (Å²) in [6.45, 7) is 8.21. The Labute approximate surface area is 133 Å². The maximum Gasteiger partial charge on any atom is 0.245 e. The van der Waals surface area contributed by atoms with Crippen LogP contribution in [-0.4, -0.2) is 55.6 Å². The van der Waals surface area contributed by atoms with Gasteiger partial charge in [0.2, 0.25) is 11.8 Å². The number of amides is 2. The van der Waals surface area contributed by atoms with E-state index >= 15 is 0 Å². The SMILES string of the molecule is CCC(CC)(CN)C(=O)NC(C)C(=O)N1CCOCC1.Cl. The molecule has 0 spiro atoms. The van der Waals surface area contributed by atoms with Crippen molar-refractivity contribution in [3.63, 3.8) is 0 Å². The maximum absolute atomic E-state index is 12.4. The van der Waals surface area contributed by atoms with E-state index in [0.29, 0.717) is 45.7 Å². The van der Waals surface area contributed by atoms with Crippen LogP contribution in [0.2, 0.25) is 0 Å². The van der Waals surface area contributed by atoms with Crippen molar-refractivity contribution in [2.75, 3.05) is 32.8 Å². The second-order valence-corrected chi connectivity index (χ2v) is 5.32. The minimum Gasteiger partial charge on any atom is -0.378 e. The van der Waals surface area contributed by atoms with Crippen LogP contribution >= 0.6 is 12.4 Å². The monoisotopic (exact) mass is 321 g/mol. The molecule has 2 amide bonds. The lowest BCUT2D eigenvalue weighted by atomic mass is 9.81. The smallest absolute Gasteiger partial charge is 0.245 e. The highest BCUT2D eigenvalue weighted by molar-refractivity contribution is 5.90. The lowest BCUT2D eigenvalue weighted by Crippen LogP contribution is -2.54. The zero-order valence-electron chi connectivity index (χ0n) is 13.2. The molecule has 124 valence electrons. The van der Waals surface area contributed by atoms with E-state index in [-0.39, 0.29) is 24.2 Å². The third kappa shape index (κ3) is 4.83. The highest BCUT2D eigenvalue weighted by atomic mass is 35.5. The van der Waals surface area contributed by atoms with E-state index in [2.05, 4.69) is 5.32 Å². The Morgan fingerprint density at radius 2 is 1.81 bits per heavy atom. The standard InChI is InChI=1S/C14H27N3O3.ClH/c1-4-14(5-2,10-15)13(19)16-11(3)12(18)17-6-8-20-9-7-17;/h11H,4-10,15H2,1-3H3,(H,16,19);1H. The van der Waals surface area contributed by atoms with Gasteiger partial charge < -0.3 is 20.7 Å². The normalized spacial score (nSPS) is 16.9. The molecular formula is C14H28ClN3O3. The molecule has 0 bridgehead atoms. The summed E-state index contributed by atoms with van der Waals surface area (Å²) < 4.78 is 5.22. The summed E-state index contributed by atoms with van der Waals surface area (Å²) in [5.41, 5.74) is 5.18. The molecule has 21 heavy (non-hydrogen) atoms. The fourth-order valence-corrected chi connectivity index (χ4v) is 2.42. The Morgan fingerprint density at radius 3 is 2.24 bits per heavy atom. The molecule has 1 rings (SSSR count). The molecule has 1 saturated heterocycles. The van der Waals surface area contributed by atoms with Gasteiger partial charge in [-0.2, -0.15) is 0 Å². The summed E-state index contributed by atoms with van der Waals surface area (Å²) >= 11 is 0. The minimum atomic E-state index is -0.570. The molecule has 1 aliphatic rings. The largest absolute Gasteiger partial charge is 0.378 e. The van der Waals surface area contributed by atoms with Gasteiger partial charge in [-0.25, -0.2) is 0 Å². The summed E-state index contributed by atoms with van der Waals surface area (Å²) in [7, 11) is 0. The molecule has 0 aromatic heterocycles. The summed E-state index contributed by atoms with van der Waals surface area (Å²) in [5, 5.41) is 2.82. The first-order valence-electron chi connectivity index (χ1n) is 7.38. The van der Waals surface area contributed by atoms with Gasteiger partial charge in [0, 0.05) is 19.6 Å². The summed E-state index contributed by atoms with van der Waals surface area (Å²) in [6, 6.07) is -0.523. The lowest BCUT2D eigenvalue weighted by molar-refractivity contribution is -0.141. The first-order chi connectivity index (χ1) is 9.50. The average Bonchev–Trinajstić information content (AvgIpc) is 2.49. The van der Waals surface area contributed by atoms with E-state index in [4.69, 9.17) is 10.5 Å². The zero-order chi connectivity index (χ0) is 15.2. The third-order valence-corrected chi connectivity index (χ3v) is 4.27. The van der Waals surface area contributed by atoms with E-state index in [1.54, 1.807) is 11.8 Å². The topological polar surface area (TPSA) is 84.7 Å². The Bertz CT molecular complexity index is 334. The Kier molecular flexibility index (Phi) is 8.85. The van der Waals surface area contributed by atoms with Gasteiger partial charge in [-0.3, -0.25) is 9.59 Å². The molecule has 0 aromatic carbocycles. The van der Waals surface area contributed by atoms with E-state index in [9.17, 15) is 9.59 Å². The Hall–Kier alpha value is -0.850. The van der Waals surface area contributed by atoms with Crippen LogP contribution in [0.15, 0.2) is 0 Å². The first-order valence-corrected chi connectivity index (χ1v) is 7.38. The van der Waals surface area contributed by atoms with E-state index in [1.165, 1.54) is 0 Å². The molecule has 3 N–H and O–H groups in total. The van der Waals surface area contributed by atoms with Crippen molar-refractivity contribution < 1.29 is 14.3 Å². The molecule has 0 saturated carbocycles. The fraction of sp³-hybridized carbons (Fsp3) is 0.857. The maximum atomic E-state index is 12.4. The Morgan fingerprint density at radius 1 is 1.29 bits per heavy atom. The quantitative estimate of drug-likeness (QED) is 0.747.